The Kier molecular flexibility index (Phi) is 8.67. The number of carbonyl (C=O) groups excluding carboxylic acids is 1. The number of aryl methyl sites for hydroxylation is 2. The fraction of sp³-hybridized carbons (Fsp3) is 0.333. The number of nitrogens with one attached hydrogen (secondary N) is 1. The van der Waals surface area contributed by atoms with Gasteiger partial charge in [0.15, 0.2) is 11.5 Å². The normalized spacial score (nSPS) is 11.5. The van der Waals surface area contributed by atoms with Crippen LogP contribution >= 0.6 is 11.3 Å². The number of methoxy groups -OCH3 is 1. The average molecular weight is 507 g/mol. The fourth-order valence-corrected chi connectivity index (χ4v) is 4.07. The first kappa shape index (κ1) is 26.7. The zero-order valence-corrected chi connectivity index (χ0v) is 22.2. The molecule has 1 aromatic heterocycles. The summed E-state index contributed by atoms with van der Waals surface area (Å²) in [4.78, 5) is 12.6. The van der Waals surface area contributed by atoms with Crippen molar-refractivity contribution in [1.82, 2.24) is 10.2 Å². The molecule has 9 heteroatoms. The highest BCUT2D eigenvalue weighted by atomic mass is 32.1. The van der Waals surface area contributed by atoms with Crippen molar-refractivity contribution in [2.24, 2.45) is 0 Å². The molecule has 1 N–H and O–H groups in total. The summed E-state index contributed by atoms with van der Waals surface area (Å²) in [5, 5.41) is 21.4. The molecule has 3 aromatic rings. The molecule has 2 aromatic carbocycles. The van der Waals surface area contributed by atoms with Crippen molar-refractivity contribution in [3.63, 3.8) is 0 Å². The maximum absolute atomic E-state index is 12.6. The molecule has 0 saturated carbocycles. The van der Waals surface area contributed by atoms with Crippen LogP contribution in [0, 0.1) is 25.2 Å². The first-order valence-corrected chi connectivity index (χ1v) is 12.2. The minimum atomic E-state index is -0.558. The minimum absolute atomic E-state index is 0.0692. The van der Waals surface area contributed by atoms with Gasteiger partial charge in [-0.05, 0) is 48.7 Å². The summed E-state index contributed by atoms with van der Waals surface area (Å²) in [6.45, 7) is 10.7. The molecule has 8 nitrogen and oxygen atoms in total. The lowest BCUT2D eigenvalue weighted by Crippen LogP contribution is -2.13. The van der Waals surface area contributed by atoms with Crippen LogP contribution < -0.4 is 19.5 Å². The summed E-state index contributed by atoms with van der Waals surface area (Å²) in [5.74, 6) is 1.31. The molecule has 3 rings (SSSR count). The molecule has 0 aliphatic rings. The lowest BCUT2D eigenvalue weighted by Gasteiger charge is -2.14. The summed E-state index contributed by atoms with van der Waals surface area (Å²) >= 11 is 1.28. The monoisotopic (exact) mass is 506 g/mol. The summed E-state index contributed by atoms with van der Waals surface area (Å²) in [5.41, 5.74) is 2.51. The third-order valence-electron chi connectivity index (χ3n) is 5.15. The third kappa shape index (κ3) is 6.83. The van der Waals surface area contributed by atoms with Gasteiger partial charge in [-0.3, -0.25) is 10.1 Å². The Balaban J connectivity index is 1.65. The van der Waals surface area contributed by atoms with E-state index >= 15 is 0 Å². The van der Waals surface area contributed by atoms with Crippen molar-refractivity contribution in [2.45, 2.75) is 40.0 Å². The summed E-state index contributed by atoms with van der Waals surface area (Å²) in [7, 11) is 1.53. The number of para-hydroxylation sites is 1. The van der Waals surface area contributed by atoms with E-state index in [-0.39, 0.29) is 11.0 Å². The molecule has 0 unspecified atom stereocenters. The molecule has 0 aliphatic carbocycles. The fourth-order valence-electron chi connectivity index (χ4n) is 3.27. The van der Waals surface area contributed by atoms with Gasteiger partial charge in [0, 0.05) is 5.41 Å². The van der Waals surface area contributed by atoms with Crippen LogP contribution in [0.25, 0.3) is 6.08 Å². The highest BCUT2D eigenvalue weighted by Gasteiger charge is 2.21. The highest BCUT2D eigenvalue weighted by molar-refractivity contribution is 7.15. The number of rotatable bonds is 9. The zero-order valence-electron chi connectivity index (χ0n) is 21.3. The lowest BCUT2D eigenvalue weighted by molar-refractivity contribution is -0.112. The number of ether oxygens (including phenoxy) is 3. The predicted octanol–water partition coefficient (Wildman–Crippen LogP) is 5.46. The lowest BCUT2D eigenvalue weighted by atomic mass is 9.98. The van der Waals surface area contributed by atoms with Crippen molar-refractivity contribution < 1.29 is 19.0 Å². The second-order valence-electron chi connectivity index (χ2n) is 9.11. The molecule has 0 atom stereocenters. The molecule has 0 spiro atoms. The Bertz CT molecular complexity index is 1280. The molecule has 1 heterocycles. The summed E-state index contributed by atoms with van der Waals surface area (Å²) < 4.78 is 17.2. The second kappa shape index (κ2) is 11.7. The van der Waals surface area contributed by atoms with Crippen LogP contribution in [0.2, 0.25) is 0 Å². The van der Waals surface area contributed by atoms with E-state index in [9.17, 15) is 10.1 Å². The third-order valence-corrected chi connectivity index (χ3v) is 6.41. The van der Waals surface area contributed by atoms with Gasteiger partial charge in [-0.2, -0.15) is 5.26 Å². The SMILES string of the molecule is COc1cc(/C=C(/C#N)C(=O)Nc2nnc(C(C)(C)C)s2)ccc1OCCOc1c(C)cccc1C. The van der Waals surface area contributed by atoms with Gasteiger partial charge >= 0.3 is 0 Å². The standard InChI is InChI=1S/C27H30N4O4S/c1-17-8-7-9-18(2)23(17)35-13-12-34-21-11-10-19(15-22(21)33-6)14-20(16-28)24(32)29-26-31-30-25(36-26)27(3,4)5/h7-11,14-15H,12-13H2,1-6H3,(H,29,31,32)/b20-14-. The second-order valence-corrected chi connectivity index (χ2v) is 10.1. The highest BCUT2D eigenvalue weighted by Crippen LogP contribution is 2.30. The average Bonchev–Trinajstić information content (AvgIpc) is 3.31. The molecule has 0 saturated heterocycles. The largest absolute Gasteiger partial charge is 0.493 e. The Morgan fingerprint density at radius 2 is 1.78 bits per heavy atom. The van der Waals surface area contributed by atoms with Crippen LogP contribution in [0.1, 0.15) is 42.5 Å². The van der Waals surface area contributed by atoms with Gasteiger partial charge in [-0.25, -0.2) is 0 Å². The zero-order chi connectivity index (χ0) is 26.3. The number of hydrogen-bond acceptors (Lipinski definition) is 8. The van der Waals surface area contributed by atoms with E-state index in [1.54, 1.807) is 18.2 Å². The Hall–Kier alpha value is -3.90. The number of nitrogens with zero attached hydrogens (tertiary/aromatic N) is 3. The van der Waals surface area contributed by atoms with Gasteiger partial charge in [0.2, 0.25) is 5.13 Å². The minimum Gasteiger partial charge on any atom is -0.493 e. The van der Waals surface area contributed by atoms with E-state index < -0.39 is 5.91 Å². The van der Waals surface area contributed by atoms with Crippen LogP contribution in [0.4, 0.5) is 5.13 Å². The van der Waals surface area contributed by atoms with E-state index in [2.05, 4.69) is 15.5 Å². The van der Waals surface area contributed by atoms with E-state index in [1.165, 1.54) is 24.5 Å². The number of hydrogen-bond donors (Lipinski definition) is 1. The Morgan fingerprint density at radius 3 is 2.39 bits per heavy atom. The molecule has 1 amide bonds. The van der Waals surface area contributed by atoms with Gasteiger partial charge in [0.1, 0.15) is 35.6 Å². The number of carbonyl (C=O) groups is 1. The molecular formula is C27H30N4O4S. The summed E-state index contributed by atoms with van der Waals surface area (Å²) in [6, 6.07) is 13.1. The first-order chi connectivity index (χ1) is 17.1. The molecule has 0 aliphatic heterocycles. The van der Waals surface area contributed by atoms with Crippen molar-refractivity contribution in [3.8, 4) is 23.3 Å². The summed E-state index contributed by atoms with van der Waals surface area (Å²) in [6.07, 6.45) is 1.48. The Labute approximate surface area is 215 Å². The molecule has 0 bridgehead atoms. The van der Waals surface area contributed by atoms with Gasteiger partial charge in [-0.1, -0.05) is 56.4 Å². The number of amides is 1. The number of nitriles is 1. The van der Waals surface area contributed by atoms with Gasteiger partial charge < -0.3 is 14.2 Å². The maximum Gasteiger partial charge on any atom is 0.268 e. The van der Waals surface area contributed by atoms with E-state index in [1.807, 2.05) is 58.9 Å². The van der Waals surface area contributed by atoms with Crippen LogP contribution in [0.3, 0.4) is 0 Å². The van der Waals surface area contributed by atoms with E-state index in [0.29, 0.717) is 35.4 Å². The topological polar surface area (TPSA) is 106 Å². The molecule has 0 radical (unpaired) electrons. The van der Waals surface area contributed by atoms with Crippen molar-refractivity contribution >= 4 is 28.5 Å². The number of benzene rings is 2. The molecule has 36 heavy (non-hydrogen) atoms. The van der Waals surface area contributed by atoms with Gasteiger partial charge in [0.05, 0.1) is 7.11 Å². The molecular weight excluding hydrogens is 476 g/mol. The quantitative estimate of drug-likeness (QED) is 0.233. The number of aromatic nitrogens is 2. The predicted molar refractivity (Wildman–Crippen MR) is 141 cm³/mol. The van der Waals surface area contributed by atoms with E-state index in [4.69, 9.17) is 14.2 Å². The van der Waals surface area contributed by atoms with Crippen molar-refractivity contribution in [3.05, 3.63) is 63.7 Å². The molecule has 0 fully saturated rings. The smallest absolute Gasteiger partial charge is 0.268 e. The van der Waals surface area contributed by atoms with Crippen molar-refractivity contribution in [2.75, 3.05) is 25.6 Å². The Morgan fingerprint density at radius 1 is 1.08 bits per heavy atom. The maximum atomic E-state index is 12.6. The van der Waals surface area contributed by atoms with Gasteiger partial charge in [0.25, 0.3) is 5.91 Å². The van der Waals surface area contributed by atoms with Crippen LogP contribution in [-0.4, -0.2) is 36.4 Å². The van der Waals surface area contributed by atoms with Crippen molar-refractivity contribution in [1.29, 1.82) is 5.26 Å². The van der Waals surface area contributed by atoms with Crippen LogP contribution in [0.15, 0.2) is 42.0 Å². The first-order valence-electron chi connectivity index (χ1n) is 11.4. The van der Waals surface area contributed by atoms with Crippen LogP contribution in [-0.2, 0) is 10.2 Å². The van der Waals surface area contributed by atoms with Gasteiger partial charge in [-0.15, -0.1) is 10.2 Å². The number of anilines is 1. The molecule has 188 valence electrons. The van der Waals surface area contributed by atoms with E-state index in [0.717, 1.165) is 21.9 Å². The van der Waals surface area contributed by atoms with Crippen LogP contribution in [0.5, 0.6) is 17.2 Å².